The second-order valence-electron chi connectivity index (χ2n) is 12.4. The number of carbonyl (C=O) groups is 2. The molecule has 1 aliphatic carbocycles. The molecule has 3 aromatic carbocycles. The second kappa shape index (κ2) is 14.1. The summed E-state index contributed by atoms with van der Waals surface area (Å²) in [4.78, 5) is 32.4. The van der Waals surface area contributed by atoms with E-state index in [4.69, 9.17) is 24.3 Å². The minimum absolute atomic E-state index is 0.0142. The van der Waals surface area contributed by atoms with Crippen molar-refractivity contribution in [2.75, 3.05) is 13.2 Å². The lowest BCUT2D eigenvalue weighted by Crippen LogP contribution is -2.55. The predicted molar refractivity (Wildman–Crippen MR) is 175 cm³/mol. The van der Waals surface area contributed by atoms with Crippen LogP contribution >= 0.6 is 15.9 Å². The average molecular weight is 679 g/mol. The fourth-order valence-electron chi connectivity index (χ4n) is 5.66. The molecule has 5 rings (SSSR count). The van der Waals surface area contributed by atoms with E-state index in [0.717, 1.165) is 22.9 Å². The third kappa shape index (κ3) is 7.92. The van der Waals surface area contributed by atoms with E-state index in [0.29, 0.717) is 24.3 Å². The van der Waals surface area contributed by atoms with Gasteiger partial charge >= 0.3 is 5.97 Å². The van der Waals surface area contributed by atoms with Crippen LogP contribution in [0.15, 0.2) is 82.3 Å². The number of hydrogen-bond acceptors (Lipinski definition) is 8. The van der Waals surface area contributed by atoms with Gasteiger partial charge < -0.3 is 19.3 Å². The Balaban J connectivity index is 1.47. The lowest BCUT2D eigenvalue weighted by atomic mass is 9.83. The third-order valence-corrected chi connectivity index (χ3v) is 8.51. The van der Waals surface area contributed by atoms with Gasteiger partial charge in [0.25, 0.3) is 5.91 Å². The van der Waals surface area contributed by atoms with Crippen LogP contribution in [0.5, 0.6) is 5.75 Å². The number of aliphatic imine (C=N–C) groups is 1. The molecule has 0 radical (unpaired) electrons. The van der Waals surface area contributed by atoms with Gasteiger partial charge in [0, 0.05) is 41.1 Å². The summed E-state index contributed by atoms with van der Waals surface area (Å²) in [6.45, 7) is 5.88. The van der Waals surface area contributed by atoms with Crippen molar-refractivity contribution in [3.05, 3.63) is 99.5 Å². The maximum atomic E-state index is 14.4. The van der Waals surface area contributed by atoms with Crippen LogP contribution in [0, 0.1) is 0 Å². The van der Waals surface area contributed by atoms with Crippen LogP contribution < -0.4 is 15.6 Å². The minimum atomic E-state index is -1.50. The van der Waals surface area contributed by atoms with Gasteiger partial charge in [-0.3, -0.25) is 15.0 Å². The molecule has 0 saturated heterocycles. The van der Waals surface area contributed by atoms with Gasteiger partial charge in [0.05, 0.1) is 6.61 Å². The number of aliphatic hydroxyl groups excluding tert-OH is 1. The number of carbonyl (C=O) groups excluding carboxylic acids is 2. The number of nitrogens with one attached hydrogen (secondary N) is 2. The first-order chi connectivity index (χ1) is 21.6. The molecule has 9 nitrogen and oxygen atoms in total. The van der Waals surface area contributed by atoms with Crippen molar-refractivity contribution in [2.24, 2.45) is 4.99 Å². The number of halogens is 1. The predicted octanol–water partition coefficient (Wildman–Crippen LogP) is 5.38. The summed E-state index contributed by atoms with van der Waals surface area (Å²) in [5.41, 5.74) is 7.93. The van der Waals surface area contributed by atoms with E-state index in [-0.39, 0.29) is 31.4 Å². The number of hydrogen-bond donors (Lipinski definition) is 3. The Morgan fingerprint density at radius 2 is 1.69 bits per heavy atom. The molecule has 0 aromatic heterocycles. The van der Waals surface area contributed by atoms with E-state index in [1.165, 1.54) is 11.1 Å². The highest BCUT2D eigenvalue weighted by atomic mass is 79.9. The molecule has 0 fully saturated rings. The summed E-state index contributed by atoms with van der Waals surface area (Å²) in [7, 11) is 0. The monoisotopic (exact) mass is 677 g/mol. The van der Waals surface area contributed by atoms with Crippen LogP contribution in [0.3, 0.4) is 0 Å². The van der Waals surface area contributed by atoms with E-state index < -0.39 is 29.1 Å². The van der Waals surface area contributed by atoms with Crippen molar-refractivity contribution in [3.8, 4) is 5.75 Å². The van der Waals surface area contributed by atoms with Crippen LogP contribution in [-0.4, -0.2) is 53.3 Å². The number of nitrogens with zero attached hydrogens (tertiary/aromatic N) is 1. The largest absolute Gasteiger partial charge is 0.494 e. The molecule has 238 valence electrons. The highest BCUT2D eigenvalue weighted by Crippen LogP contribution is 2.45. The van der Waals surface area contributed by atoms with Gasteiger partial charge in [-0.25, -0.2) is 10.4 Å². The van der Waals surface area contributed by atoms with Gasteiger partial charge in [0.1, 0.15) is 11.4 Å². The molecule has 0 bridgehead atoms. The van der Waals surface area contributed by atoms with Crippen LogP contribution in [0.4, 0.5) is 0 Å². The molecular weight excluding hydrogens is 638 g/mol. The van der Waals surface area contributed by atoms with Crippen molar-refractivity contribution in [3.63, 3.8) is 0 Å². The molecule has 0 spiro atoms. The molecule has 0 saturated carbocycles. The first kappa shape index (κ1) is 32.7. The molecule has 3 aromatic rings. The molecular formula is C35H40BrN3O6. The Bertz CT molecular complexity index is 1510. The van der Waals surface area contributed by atoms with Crippen LogP contribution in [0.2, 0.25) is 0 Å². The highest BCUT2D eigenvalue weighted by molar-refractivity contribution is 9.10. The zero-order valence-electron chi connectivity index (χ0n) is 25.8. The Labute approximate surface area is 272 Å². The summed E-state index contributed by atoms with van der Waals surface area (Å²) in [5, 5.41) is 9.06. The molecule has 45 heavy (non-hydrogen) atoms. The van der Waals surface area contributed by atoms with Gasteiger partial charge in [0.15, 0.2) is 11.6 Å². The summed E-state index contributed by atoms with van der Waals surface area (Å²) in [6.07, 6.45) is 1.27. The molecule has 0 unspecified atom stereocenters. The summed E-state index contributed by atoms with van der Waals surface area (Å²) >= 11 is 3.65. The Kier molecular flexibility index (Phi) is 10.3. The lowest BCUT2D eigenvalue weighted by molar-refractivity contribution is -0.155. The Morgan fingerprint density at radius 3 is 2.33 bits per heavy atom. The van der Waals surface area contributed by atoms with Crippen molar-refractivity contribution < 1.29 is 28.9 Å². The van der Waals surface area contributed by atoms with Gasteiger partial charge in [0.2, 0.25) is 5.90 Å². The number of hydrazine groups is 1. The summed E-state index contributed by atoms with van der Waals surface area (Å²) < 4.78 is 18.6. The highest BCUT2D eigenvalue weighted by Gasteiger charge is 2.54. The fourth-order valence-corrected chi connectivity index (χ4v) is 6.15. The summed E-state index contributed by atoms with van der Waals surface area (Å²) in [5.74, 6) is 0.101. The summed E-state index contributed by atoms with van der Waals surface area (Å²) in [6, 6.07) is 23.1. The number of ether oxygens (including phenoxy) is 3. The standard InChI is InChI=1S/C35H40BrN3O6/c1-34(2,3)45-30(41)17-18-35(33(42)39-38-26-21-24-9-4-5-10-25(24)22-26)31(28-11-6-7-12-29(28)36)44-32(37-35)23-13-15-27(16-14-23)43-20-8-19-40/h4-7,9-16,26,31,38,40H,8,17-22H2,1-3H3,(H,39,42)/t31-,35-/m0/s1. The van der Waals surface area contributed by atoms with Crippen LogP contribution in [-0.2, 0) is 31.9 Å². The number of aliphatic hydroxyl groups is 1. The Hall–Kier alpha value is -3.73. The van der Waals surface area contributed by atoms with E-state index >= 15 is 0 Å². The number of fused-ring (bicyclic) bond motifs is 1. The van der Waals surface area contributed by atoms with E-state index in [1.807, 2.05) is 69.3 Å². The van der Waals surface area contributed by atoms with Crippen molar-refractivity contribution >= 4 is 33.7 Å². The van der Waals surface area contributed by atoms with Crippen molar-refractivity contribution in [1.29, 1.82) is 0 Å². The maximum absolute atomic E-state index is 14.4. The van der Waals surface area contributed by atoms with Gasteiger partial charge in [-0.15, -0.1) is 0 Å². The quantitative estimate of drug-likeness (QED) is 0.134. The molecule has 1 heterocycles. The number of rotatable bonds is 12. The zero-order valence-corrected chi connectivity index (χ0v) is 27.4. The van der Waals surface area contributed by atoms with Gasteiger partial charge in [-0.05, 0) is 81.5 Å². The number of amides is 1. The smallest absolute Gasteiger partial charge is 0.306 e. The normalized spacial score (nSPS) is 19.4. The Morgan fingerprint density at radius 1 is 1.02 bits per heavy atom. The minimum Gasteiger partial charge on any atom is -0.494 e. The van der Waals surface area contributed by atoms with Gasteiger partial charge in [-0.2, -0.15) is 0 Å². The van der Waals surface area contributed by atoms with Crippen LogP contribution in [0.1, 0.15) is 68.4 Å². The first-order valence-electron chi connectivity index (χ1n) is 15.3. The van der Waals surface area contributed by atoms with E-state index in [1.54, 1.807) is 12.1 Å². The van der Waals surface area contributed by atoms with Crippen molar-refractivity contribution in [1.82, 2.24) is 10.9 Å². The molecule has 3 N–H and O–H groups in total. The van der Waals surface area contributed by atoms with Crippen molar-refractivity contribution in [2.45, 2.75) is 76.2 Å². The molecule has 10 heteroatoms. The molecule has 1 aliphatic heterocycles. The number of esters is 1. The lowest BCUT2D eigenvalue weighted by Gasteiger charge is -2.31. The number of benzene rings is 3. The fraction of sp³-hybridized carbons (Fsp3) is 0.400. The topological polar surface area (TPSA) is 118 Å². The molecule has 2 atom stereocenters. The van der Waals surface area contributed by atoms with E-state index in [9.17, 15) is 9.59 Å². The third-order valence-electron chi connectivity index (χ3n) is 7.79. The van der Waals surface area contributed by atoms with Crippen LogP contribution in [0.25, 0.3) is 0 Å². The maximum Gasteiger partial charge on any atom is 0.306 e. The average Bonchev–Trinajstić information content (AvgIpc) is 3.61. The van der Waals surface area contributed by atoms with E-state index in [2.05, 4.69) is 38.9 Å². The SMILES string of the molecule is CC(C)(C)OC(=O)CC[C@]1(C(=O)NNC2Cc3ccccc3C2)N=C(c2ccc(OCCCO)cc2)O[C@H]1c1ccccc1Br. The molecule has 2 aliphatic rings. The second-order valence-corrected chi connectivity index (χ2v) is 13.2. The van der Waals surface area contributed by atoms with Gasteiger partial charge in [-0.1, -0.05) is 58.4 Å². The first-order valence-corrected chi connectivity index (χ1v) is 16.1. The molecule has 1 amide bonds. The zero-order chi connectivity index (χ0) is 32.0.